The number of carbonyl (C=O) groups is 2. The molecule has 3 heterocycles. The number of hydrogen-bond donors (Lipinski definition) is 0. The van der Waals surface area contributed by atoms with Crippen LogP contribution in [0, 0.1) is 6.92 Å². The Hall–Kier alpha value is -2.88. The highest BCUT2D eigenvalue weighted by atomic mass is 35.5. The Morgan fingerprint density at radius 1 is 0.889 bits per heavy atom. The van der Waals surface area contributed by atoms with E-state index in [-0.39, 0.29) is 15.6 Å². The van der Waals surface area contributed by atoms with Gasteiger partial charge < -0.3 is 13.9 Å². The van der Waals surface area contributed by atoms with Gasteiger partial charge in [-0.15, -0.1) is 0 Å². The molecule has 0 amide bonds. The molecule has 0 aromatic heterocycles. The van der Waals surface area contributed by atoms with Crippen molar-refractivity contribution in [2.45, 2.75) is 109 Å². The summed E-state index contributed by atoms with van der Waals surface area (Å²) in [6.45, 7) is 18.9. The van der Waals surface area contributed by atoms with Gasteiger partial charge in [-0.1, -0.05) is 81.5 Å². The average Bonchev–Trinajstić information content (AvgIpc) is 3.21. The van der Waals surface area contributed by atoms with Crippen molar-refractivity contribution in [2.24, 2.45) is 0 Å². The Morgan fingerprint density at radius 2 is 1.51 bits per heavy atom. The average molecular weight is 661 g/mol. The fourth-order valence-electron chi connectivity index (χ4n) is 7.25. The highest BCUT2D eigenvalue weighted by Gasteiger charge is 2.59. The van der Waals surface area contributed by atoms with E-state index in [1.807, 2.05) is 20.8 Å². The minimum Gasteiger partial charge on any atom is -0.544 e. The number of hydrogen-bond acceptors (Lipinski definition) is 5. The Kier molecular flexibility index (Phi) is 7.54. The molecule has 0 N–H and O–H groups in total. The second-order valence-electron chi connectivity index (χ2n) is 15.7. The van der Waals surface area contributed by atoms with E-state index in [1.54, 1.807) is 12.1 Å². The predicted molar refractivity (Wildman–Crippen MR) is 186 cm³/mol. The van der Waals surface area contributed by atoms with E-state index in [9.17, 15) is 9.59 Å². The molecule has 0 saturated carbocycles. The van der Waals surface area contributed by atoms with Crippen LogP contribution in [0.2, 0.25) is 35.2 Å². The zero-order valence-electron chi connectivity index (χ0n) is 28.1. The van der Waals surface area contributed by atoms with Gasteiger partial charge in [0.15, 0.2) is 5.60 Å². The van der Waals surface area contributed by atoms with Gasteiger partial charge in [-0.05, 0) is 92.6 Å². The molecule has 1 fully saturated rings. The van der Waals surface area contributed by atoms with Crippen molar-refractivity contribution in [3.63, 3.8) is 0 Å². The Bertz CT molecular complexity index is 1730. The monoisotopic (exact) mass is 660 g/mol. The molecule has 0 aliphatic carbocycles. The lowest BCUT2D eigenvalue weighted by atomic mass is 9.78. The lowest BCUT2D eigenvalue weighted by molar-refractivity contribution is 0.00694. The number of carbonyl (C=O) groups excluding carboxylic acids is 2. The summed E-state index contributed by atoms with van der Waals surface area (Å²) in [5, 5.41) is 2.83. The van der Waals surface area contributed by atoms with Gasteiger partial charge in [-0.25, -0.2) is 9.59 Å². The van der Waals surface area contributed by atoms with Gasteiger partial charge in [-0.2, -0.15) is 0 Å². The summed E-state index contributed by atoms with van der Waals surface area (Å²) < 4.78 is 19.3. The quantitative estimate of drug-likeness (QED) is 0.208. The number of fused-ring (bicyclic) bond motifs is 8. The first kappa shape index (κ1) is 32.1. The largest absolute Gasteiger partial charge is 0.544 e. The number of aryl methyl sites for hydroxylation is 1. The van der Waals surface area contributed by atoms with Crippen molar-refractivity contribution in [1.29, 1.82) is 0 Å². The minimum atomic E-state index is -2.28. The number of ether oxygens (including phenoxy) is 2. The standard InChI is InChI=1S/C37H45ClO5Si2/c1-23-13-15-27-31(19-23)45(17-11-10-12-18-45)32-20-24(43-44(8,9)36(5,6)7)14-16-28(32)37(27)29-21-26(34(40)41-35(2,3)4)30(38)22-25(29)33(39)42-37/h13-16,19-22H,10-12,17-18H2,1-9H3. The second-order valence-corrected chi connectivity index (χ2v) is 25.1. The first-order chi connectivity index (χ1) is 20.9. The maximum Gasteiger partial charge on any atom is 0.340 e. The zero-order valence-corrected chi connectivity index (χ0v) is 30.8. The zero-order chi connectivity index (χ0) is 32.7. The normalized spacial score (nSPS) is 20.4. The molecule has 2 spiro atoms. The van der Waals surface area contributed by atoms with Crippen LogP contribution in [-0.4, -0.2) is 33.9 Å². The molecule has 6 rings (SSSR count). The first-order valence-corrected chi connectivity index (χ1v) is 21.9. The van der Waals surface area contributed by atoms with E-state index < -0.39 is 39.5 Å². The van der Waals surface area contributed by atoms with Crippen molar-refractivity contribution in [2.75, 3.05) is 0 Å². The maximum absolute atomic E-state index is 13.8. The van der Waals surface area contributed by atoms with Gasteiger partial charge in [0, 0.05) is 16.7 Å². The number of esters is 2. The van der Waals surface area contributed by atoms with E-state index in [0.29, 0.717) is 11.1 Å². The van der Waals surface area contributed by atoms with Crippen molar-refractivity contribution < 1.29 is 23.5 Å². The molecule has 0 radical (unpaired) electrons. The predicted octanol–water partition coefficient (Wildman–Crippen LogP) is 8.51. The van der Waals surface area contributed by atoms with Crippen molar-refractivity contribution in [3.8, 4) is 5.75 Å². The second kappa shape index (κ2) is 10.6. The van der Waals surface area contributed by atoms with E-state index in [4.69, 9.17) is 25.5 Å². The maximum atomic E-state index is 13.8. The van der Waals surface area contributed by atoms with Gasteiger partial charge in [0.1, 0.15) is 19.4 Å². The van der Waals surface area contributed by atoms with Crippen LogP contribution in [-0.2, 0) is 15.1 Å². The van der Waals surface area contributed by atoms with Gasteiger partial charge >= 0.3 is 11.9 Å². The first-order valence-electron chi connectivity index (χ1n) is 16.2. The minimum absolute atomic E-state index is 0.0467. The van der Waals surface area contributed by atoms with Gasteiger partial charge in [-0.3, -0.25) is 0 Å². The Balaban J connectivity index is 1.65. The van der Waals surface area contributed by atoms with Gasteiger partial charge in [0.05, 0.1) is 16.1 Å². The van der Waals surface area contributed by atoms with Crippen LogP contribution in [0.5, 0.6) is 5.75 Å². The van der Waals surface area contributed by atoms with E-state index >= 15 is 0 Å². The number of benzene rings is 3. The molecule has 5 nitrogen and oxygen atoms in total. The van der Waals surface area contributed by atoms with Crippen LogP contribution < -0.4 is 14.8 Å². The van der Waals surface area contributed by atoms with Crippen LogP contribution >= 0.6 is 11.6 Å². The van der Waals surface area contributed by atoms with E-state index in [0.717, 1.165) is 29.0 Å². The molecule has 3 aliphatic rings. The molecule has 3 aromatic carbocycles. The van der Waals surface area contributed by atoms with Crippen LogP contribution in [0.15, 0.2) is 48.5 Å². The van der Waals surface area contributed by atoms with Crippen LogP contribution in [0.1, 0.15) is 104 Å². The molecule has 0 bridgehead atoms. The molecule has 3 aromatic rings. The molecule has 1 saturated heterocycles. The summed E-state index contributed by atoms with van der Waals surface area (Å²) in [6.07, 6.45) is 3.58. The molecule has 45 heavy (non-hydrogen) atoms. The highest BCUT2D eigenvalue weighted by Crippen LogP contribution is 2.52. The summed E-state index contributed by atoms with van der Waals surface area (Å²) in [7, 11) is -4.41. The van der Waals surface area contributed by atoms with Crippen LogP contribution in [0.3, 0.4) is 0 Å². The Labute approximate surface area is 274 Å². The van der Waals surface area contributed by atoms with E-state index in [1.165, 1.54) is 35.2 Å². The summed E-state index contributed by atoms with van der Waals surface area (Å²) in [5.41, 5.74) is 2.52. The number of halogens is 1. The summed E-state index contributed by atoms with van der Waals surface area (Å²) in [6, 6.07) is 18.7. The van der Waals surface area contributed by atoms with Crippen molar-refractivity contribution in [1.82, 2.24) is 0 Å². The lowest BCUT2D eigenvalue weighted by Gasteiger charge is -2.48. The van der Waals surface area contributed by atoms with Crippen molar-refractivity contribution >= 4 is 50.3 Å². The van der Waals surface area contributed by atoms with Crippen LogP contribution in [0.4, 0.5) is 0 Å². The Morgan fingerprint density at radius 3 is 2.13 bits per heavy atom. The third-order valence-corrected chi connectivity index (χ3v) is 20.4. The molecule has 8 heteroatoms. The summed E-state index contributed by atoms with van der Waals surface area (Å²) in [5.74, 6) is -0.0803. The van der Waals surface area contributed by atoms with Crippen molar-refractivity contribution in [3.05, 3.63) is 86.9 Å². The fourth-order valence-corrected chi connectivity index (χ4v) is 14.3. The molecular formula is C37H45ClO5Si2. The number of rotatable bonds is 3. The van der Waals surface area contributed by atoms with Gasteiger partial charge in [0.2, 0.25) is 8.32 Å². The molecular weight excluding hydrogens is 616 g/mol. The van der Waals surface area contributed by atoms with E-state index in [2.05, 4.69) is 77.2 Å². The third kappa shape index (κ3) is 5.10. The molecule has 238 valence electrons. The smallest absolute Gasteiger partial charge is 0.340 e. The van der Waals surface area contributed by atoms with Crippen LogP contribution in [0.25, 0.3) is 0 Å². The topological polar surface area (TPSA) is 61.8 Å². The SMILES string of the molecule is Cc1ccc2c(c1)[Si]1(CCCCC1)c1cc(O[Si](C)(C)C(C)(C)C)ccc1C21OC(=O)c2cc(Cl)c(C(=O)OC(C)(C)C)cc21. The summed E-state index contributed by atoms with van der Waals surface area (Å²) in [4.78, 5) is 27.2. The fraction of sp³-hybridized carbons (Fsp3) is 0.459. The third-order valence-electron chi connectivity index (χ3n) is 10.4. The lowest BCUT2D eigenvalue weighted by Crippen LogP contribution is -2.67. The summed E-state index contributed by atoms with van der Waals surface area (Å²) >= 11 is 6.67. The molecule has 1 unspecified atom stereocenters. The van der Waals surface area contributed by atoms with Gasteiger partial charge in [0.25, 0.3) is 0 Å². The highest BCUT2D eigenvalue weighted by molar-refractivity contribution is 7.03. The molecule has 1 atom stereocenters. The molecule has 3 aliphatic heterocycles.